The second kappa shape index (κ2) is 6.03. The molecule has 1 atom stereocenters. The Bertz CT molecular complexity index is 1010. The first-order valence-corrected chi connectivity index (χ1v) is 8.86. The molecule has 0 spiro atoms. The Hall–Kier alpha value is -3.07. The molecule has 3 N–H and O–H groups in total. The lowest BCUT2D eigenvalue weighted by atomic mass is 9.72. The average molecular weight is 341 g/mol. The number of hydrogen-bond donors (Lipinski definition) is 2. The van der Waals surface area contributed by atoms with Crippen LogP contribution in [0.25, 0.3) is 5.57 Å². The number of nitrogens with two attached hydrogens (primary N) is 1. The van der Waals surface area contributed by atoms with Gasteiger partial charge in [0.25, 0.3) is 0 Å². The zero-order chi connectivity index (χ0) is 18.4. The van der Waals surface area contributed by atoms with Gasteiger partial charge >= 0.3 is 0 Å². The Morgan fingerprint density at radius 2 is 1.85 bits per heavy atom. The topological polar surface area (TPSA) is 53.1 Å². The SMILES string of the molecule is CC1C2=CC(=N)C=CC2=C(c2cccc(N)c2)c2ccc(N(C)C)cc21. The van der Waals surface area contributed by atoms with Gasteiger partial charge in [-0.2, -0.15) is 0 Å². The van der Waals surface area contributed by atoms with Gasteiger partial charge in [0, 0.05) is 31.4 Å². The summed E-state index contributed by atoms with van der Waals surface area (Å²) < 4.78 is 0. The van der Waals surface area contributed by atoms with Crippen molar-refractivity contribution in [1.82, 2.24) is 0 Å². The summed E-state index contributed by atoms with van der Waals surface area (Å²) in [5.74, 6) is 0.245. The molecule has 2 aromatic carbocycles. The zero-order valence-corrected chi connectivity index (χ0v) is 15.4. The third-order valence-electron chi connectivity index (χ3n) is 5.25. The van der Waals surface area contributed by atoms with Gasteiger partial charge in [-0.3, -0.25) is 0 Å². The van der Waals surface area contributed by atoms with E-state index in [1.807, 2.05) is 30.4 Å². The van der Waals surface area contributed by atoms with Crippen molar-refractivity contribution in [3.05, 3.63) is 88.5 Å². The molecule has 3 heteroatoms. The molecular weight excluding hydrogens is 318 g/mol. The van der Waals surface area contributed by atoms with E-state index in [4.69, 9.17) is 11.1 Å². The molecule has 26 heavy (non-hydrogen) atoms. The van der Waals surface area contributed by atoms with Crippen molar-refractivity contribution < 1.29 is 0 Å². The molecule has 0 bridgehead atoms. The van der Waals surface area contributed by atoms with Crippen LogP contribution in [-0.2, 0) is 0 Å². The molecule has 1 unspecified atom stereocenters. The number of allylic oxidation sites excluding steroid dienone is 5. The molecule has 0 radical (unpaired) electrons. The van der Waals surface area contributed by atoms with Crippen molar-refractivity contribution in [2.75, 3.05) is 24.7 Å². The summed E-state index contributed by atoms with van der Waals surface area (Å²) >= 11 is 0. The van der Waals surface area contributed by atoms with E-state index in [0.717, 1.165) is 11.3 Å². The smallest absolute Gasteiger partial charge is 0.0543 e. The van der Waals surface area contributed by atoms with E-state index in [-0.39, 0.29) is 5.92 Å². The van der Waals surface area contributed by atoms with E-state index in [2.05, 4.69) is 56.3 Å². The Morgan fingerprint density at radius 3 is 2.58 bits per heavy atom. The molecule has 0 heterocycles. The molecule has 0 aromatic heterocycles. The first-order valence-electron chi connectivity index (χ1n) is 8.86. The lowest BCUT2D eigenvalue weighted by molar-refractivity contribution is 0.891. The maximum atomic E-state index is 8.09. The van der Waals surface area contributed by atoms with Crippen LogP contribution < -0.4 is 10.6 Å². The van der Waals surface area contributed by atoms with Crippen LogP contribution in [0.15, 0.2) is 71.8 Å². The molecule has 3 nitrogen and oxygen atoms in total. The second-order valence-corrected chi connectivity index (χ2v) is 7.19. The van der Waals surface area contributed by atoms with E-state index >= 15 is 0 Å². The Kier molecular flexibility index (Phi) is 3.80. The summed E-state index contributed by atoms with van der Waals surface area (Å²) in [6.07, 6.45) is 5.95. The Morgan fingerprint density at radius 1 is 1.04 bits per heavy atom. The lowest BCUT2D eigenvalue weighted by Crippen LogP contribution is -2.17. The standard InChI is InChI=1S/C23H23N3/c1-14-21-12-17(25)7-9-19(21)23(15-5-4-6-16(24)11-15)20-10-8-18(26(2)3)13-22(14)20/h4-14,25H,24H2,1-3H3. The Labute approximate surface area is 154 Å². The van der Waals surface area contributed by atoms with Crippen molar-refractivity contribution in [2.24, 2.45) is 0 Å². The minimum Gasteiger partial charge on any atom is -0.399 e. The molecule has 130 valence electrons. The van der Waals surface area contributed by atoms with Crippen molar-refractivity contribution in [2.45, 2.75) is 12.8 Å². The summed E-state index contributed by atoms with van der Waals surface area (Å²) in [4.78, 5) is 2.13. The van der Waals surface area contributed by atoms with Crippen molar-refractivity contribution in [3.63, 3.8) is 0 Å². The Balaban J connectivity index is 2.04. The highest BCUT2D eigenvalue weighted by Crippen LogP contribution is 2.47. The van der Waals surface area contributed by atoms with Crippen LogP contribution in [-0.4, -0.2) is 19.8 Å². The van der Waals surface area contributed by atoms with E-state index in [1.165, 1.54) is 33.5 Å². The molecule has 0 saturated heterocycles. The molecular formula is C23H23N3. The minimum absolute atomic E-state index is 0.245. The maximum Gasteiger partial charge on any atom is 0.0543 e. The average Bonchev–Trinajstić information content (AvgIpc) is 2.62. The lowest BCUT2D eigenvalue weighted by Gasteiger charge is -2.32. The van der Waals surface area contributed by atoms with Crippen LogP contribution in [0, 0.1) is 5.41 Å². The van der Waals surface area contributed by atoms with Gasteiger partial charge in [0.15, 0.2) is 0 Å². The number of hydrogen-bond acceptors (Lipinski definition) is 3. The van der Waals surface area contributed by atoms with Gasteiger partial charge in [-0.05, 0) is 69.8 Å². The maximum absolute atomic E-state index is 8.09. The third-order valence-corrected chi connectivity index (χ3v) is 5.25. The van der Waals surface area contributed by atoms with Gasteiger partial charge in [-0.1, -0.05) is 31.2 Å². The van der Waals surface area contributed by atoms with Crippen LogP contribution in [0.1, 0.15) is 29.5 Å². The predicted molar refractivity (Wildman–Crippen MR) is 111 cm³/mol. The largest absolute Gasteiger partial charge is 0.399 e. The molecule has 2 aromatic rings. The normalized spacial score (nSPS) is 18.3. The predicted octanol–water partition coefficient (Wildman–Crippen LogP) is 4.77. The molecule has 0 amide bonds. The fourth-order valence-electron chi connectivity index (χ4n) is 3.88. The fourth-order valence-corrected chi connectivity index (χ4v) is 3.88. The van der Waals surface area contributed by atoms with E-state index in [0.29, 0.717) is 5.71 Å². The number of benzene rings is 2. The number of anilines is 2. The minimum atomic E-state index is 0.245. The number of nitrogens with zero attached hydrogens (tertiary/aromatic N) is 1. The third kappa shape index (κ3) is 2.57. The highest BCUT2D eigenvalue weighted by molar-refractivity contribution is 6.07. The van der Waals surface area contributed by atoms with Crippen molar-refractivity contribution in [3.8, 4) is 0 Å². The first kappa shape index (κ1) is 16.4. The number of rotatable bonds is 2. The van der Waals surface area contributed by atoms with Crippen molar-refractivity contribution >= 4 is 22.7 Å². The summed E-state index contributed by atoms with van der Waals surface area (Å²) in [6.45, 7) is 2.23. The summed E-state index contributed by atoms with van der Waals surface area (Å²) in [5, 5.41) is 8.09. The summed E-state index contributed by atoms with van der Waals surface area (Å²) in [7, 11) is 4.13. The molecule has 2 aliphatic rings. The second-order valence-electron chi connectivity index (χ2n) is 7.19. The summed E-state index contributed by atoms with van der Waals surface area (Å²) in [5.41, 5.74) is 15.8. The quantitative estimate of drug-likeness (QED) is 0.773. The van der Waals surface area contributed by atoms with Gasteiger partial charge in [-0.25, -0.2) is 0 Å². The van der Waals surface area contributed by atoms with Crippen LogP contribution in [0.5, 0.6) is 0 Å². The van der Waals surface area contributed by atoms with E-state index < -0.39 is 0 Å². The van der Waals surface area contributed by atoms with E-state index in [9.17, 15) is 0 Å². The van der Waals surface area contributed by atoms with Gasteiger partial charge < -0.3 is 16.0 Å². The van der Waals surface area contributed by atoms with Gasteiger partial charge in [0.05, 0.1) is 5.71 Å². The molecule has 2 aliphatic carbocycles. The fraction of sp³-hybridized carbons (Fsp3) is 0.174. The first-order chi connectivity index (χ1) is 12.5. The molecule has 0 saturated carbocycles. The van der Waals surface area contributed by atoms with Crippen LogP contribution in [0.3, 0.4) is 0 Å². The molecule has 0 fully saturated rings. The highest BCUT2D eigenvalue weighted by atomic mass is 15.1. The van der Waals surface area contributed by atoms with Gasteiger partial charge in [-0.15, -0.1) is 0 Å². The monoisotopic (exact) mass is 341 g/mol. The molecule has 0 aliphatic heterocycles. The van der Waals surface area contributed by atoms with Crippen molar-refractivity contribution in [1.29, 1.82) is 5.41 Å². The molecule has 4 rings (SSSR count). The number of nitrogen functional groups attached to an aromatic ring is 1. The number of nitrogens with one attached hydrogen (secondary N) is 1. The number of fused-ring (bicyclic) bond motifs is 2. The van der Waals surface area contributed by atoms with Crippen LogP contribution in [0.4, 0.5) is 11.4 Å². The van der Waals surface area contributed by atoms with Crippen LogP contribution in [0.2, 0.25) is 0 Å². The van der Waals surface area contributed by atoms with Crippen LogP contribution >= 0.6 is 0 Å². The summed E-state index contributed by atoms with van der Waals surface area (Å²) in [6, 6.07) is 14.7. The zero-order valence-electron chi connectivity index (χ0n) is 15.4. The van der Waals surface area contributed by atoms with Gasteiger partial charge in [0.2, 0.25) is 0 Å². The van der Waals surface area contributed by atoms with E-state index in [1.54, 1.807) is 0 Å². The van der Waals surface area contributed by atoms with Gasteiger partial charge in [0.1, 0.15) is 0 Å². The highest BCUT2D eigenvalue weighted by Gasteiger charge is 2.29.